The first-order chi connectivity index (χ1) is 11.1. The first-order valence-corrected chi connectivity index (χ1v) is 8.04. The van der Waals surface area contributed by atoms with Gasteiger partial charge in [-0.2, -0.15) is 5.26 Å². The Balaban J connectivity index is 2.02. The summed E-state index contributed by atoms with van der Waals surface area (Å²) in [4.78, 5) is 17.9. The van der Waals surface area contributed by atoms with Gasteiger partial charge in [0.25, 0.3) is 0 Å². The molecule has 1 heterocycles. The number of halogens is 1. The van der Waals surface area contributed by atoms with E-state index in [0.29, 0.717) is 44.8 Å². The summed E-state index contributed by atoms with van der Waals surface area (Å²) >= 11 is 0. The zero-order valence-corrected chi connectivity index (χ0v) is 13.7. The SMILES string of the molecule is CCN(CC)C(=O)N1CCN(C(C#N)c2ccccc2F)CC1. The minimum Gasteiger partial charge on any atom is -0.325 e. The fourth-order valence-corrected chi connectivity index (χ4v) is 2.91. The van der Waals surface area contributed by atoms with Gasteiger partial charge in [-0.3, -0.25) is 4.90 Å². The molecule has 0 radical (unpaired) electrons. The van der Waals surface area contributed by atoms with E-state index in [0.717, 1.165) is 0 Å². The van der Waals surface area contributed by atoms with Crippen molar-refractivity contribution in [2.45, 2.75) is 19.9 Å². The second kappa shape index (κ2) is 7.93. The van der Waals surface area contributed by atoms with Crippen molar-refractivity contribution in [2.75, 3.05) is 39.3 Å². The lowest BCUT2D eigenvalue weighted by molar-refractivity contribution is 0.104. The Bertz CT molecular complexity index is 574. The van der Waals surface area contributed by atoms with Crippen LogP contribution in [0.1, 0.15) is 25.5 Å². The minimum absolute atomic E-state index is 0.0362. The molecule has 0 N–H and O–H groups in total. The van der Waals surface area contributed by atoms with Gasteiger partial charge in [-0.15, -0.1) is 0 Å². The van der Waals surface area contributed by atoms with E-state index in [1.807, 2.05) is 18.7 Å². The third kappa shape index (κ3) is 3.80. The molecule has 1 unspecified atom stereocenters. The summed E-state index contributed by atoms with van der Waals surface area (Å²) in [6, 6.07) is 8.00. The Morgan fingerprint density at radius 2 is 1.87 bits per heavy atom. The molecule has 0 spiro atoms. The standard InChI is InChI=1S/C17H23FN4O/c1-3-20(4-2)17(23)22-11-9-21(10-12-22)16(13-19)14-7-5-6-8-15(14)18/h5-8,16H,3-4,9-12H2,1-2H3. The number of urea groups is 1. The van der Waals surface area contributed by atoms with E-state index in [-0.39, 0.29) is 11.8 Å². The van der Waals surface area contributed by atoms with Crippen molar-refractivity contribution in [3.63, 3.8) is 0 Å². The third-order valence-electron chi connectivity index (χ3n) is 4.31. The average molecular weight is 318 g/mol. The second-order valence-electron chi connectivity index (χ2n) is 5.53. The van der Waals surface area contributed by atoms with Crippen LogP contribution in [-0.4, -0.2) is 60.0 Å². The number of carbonyl (C=O) groups excluding carboxylic acids is 1. The van der Waals surface area contributed by atoms with Gasteiger partial charge in [-0.05, 0) is 19.9 Å². The third-order valence-corrected chi connectivity index (χ3v) is 4.31. The molecule has 124 valence electrons. The monoisotopic (exact) mass is 318 g/mol. The largest absolute Gasteiger partial charge is 0.325 e. The van der Waals surface area contributed by atoms with Gasteiger partial charge in [0.2, 0.25) is 0 Å². The van der Waals surface area contributed by atoms with Gasteiger partial charge in [0.15, 0.2) is 0 Å². The lowest BCUT2D eigenvalue weighted by Gasteiger charge is -2.38. The van der Waals surface area contributed by atoms with E-state index in [2.05, 4.69) is 6.07 Å². The molecule has 1 aromatic rings. The summed E-state index contributed by atoms with van der Waals surface area (Å²) in [5.74, 6) is -0.360. The summed E-state index contributed by atoms with van der Waals surface area (Å²) in [6.45, 7) is 7.54. The van der Waals surface area contributed by atoms with Crippen molar-refractivity contribution in [1.82, 2.24) is 14.7 Å². The Hall–Kier alpha value is -2.13. The zero-order chi connectivity index (χ0) is 16.8. The number of rotatable bonds is 4. The van der Waals surface area contributed by atoms with E-state index in [9.17, 15) is 14.4 Å². The first-order valence-electron chi connectivity index (χ1n) is 8.04. The van der Waals surface area contributed by atoms with Crippen LogP contribution in [0.2, 0.25) is 0 Å². The Morgan fingerprint density at radius 3 is 2.39 bits per heavy atom. The summed E-state index contributed by atoms with van der Waals surface area (Å²) in [5, 5.41) is 9.45. The van der Waals surface area contributed by atoms with Crippen molar-refractivity contribution in [3.05, 3.63) is 35.6 Å². The molecule has 0 saturated carbocycles. The Kier molecular flexibility index (Phi) is 5.94. The van der Waals surface area contributed by atoms with Crippen LogP contribution >= 0.6 is 0 Å². The number of nitrogens with zero attached hydrogens (tertiary/aromatic N) is 4. The van der Waals surface area contributed by atoms with E-state index in [4.69, 9.17) is 0 Å². The highest BCUT2D eigenvalue weighted by Gasteiger charge is 2.29. The van der Waals surface area contributed by atoms with Crippen LogP contribution in [0.3, 0.4) is 0 Å². The smallest absolute Gasteiger partial charge is 0.320 e. The van der Waals surface area contributed by atoms with Crippen molar-refractivity contribution >= 4 is 6.03 Å². The summed E-state index contributed by atoms with van der Waals surface area (Å²) in [7, 11) is 0. The fraction of sp³-hybridized carbons (Fsp3) is 0.529. The second-order valence-corrected chi connectivity index (χ2v) is 5.53. The van der Waals surface area contributed by atoms with Gasteiger partial charge in [-0.1, -0.05) is 18.2 Å². The van der Waals surface area contributed by atoms with Crippen LogP contribution < -0.4 is 0 Å². The van der Waals surface area contributed by atoms with Crippen LogP contribution in [0, 0.1) is 17.1 Å². The zero-order valence-electron chi connectivity index (χ0n) is 13.7. The molecule has 0 aliphatic carbocycles. The average Bonchev–Trinajstić information content (AvgIpc) is 2.59. The topological polar surface area (TPSA) is 50.6 Å². The Labute approximate surface area is 136 Å². The quantitative estimate of drug-likeness (QED) is 0.857. The van der Waals surface area contributed by atoms with Crippen molar-refractivity contribution in [2.24, 2.45) is 0 Å². The van der Waals surface area contributed by atoms with Gasteiger partial charge in [0.05, 0.1) is 6.07 Å². The molecule has 2 rings (SSSR count). The van der Waals surface area contributed by atoms with Gasteiger partial charge in [0.1, 0.15) is 11.9 Å². The molecular weight excluding hydrogens is 295 g/mol. The number of piperazine rings is 1. The van der Waals surface area contributed by atoms with E-state index in [1.54, 1.807) is 28.0 Å². The van der Waals surface area contributed by atoms with E-state index >= 15 is 0 Å². The molecule has 1 aliphatic heterocycles. The maximum Gasteiger partial charge on any atom is 0.320 e. The highest BCUT2D eigenvalue weighted by atomic mass is 19.1. The summed E-state index contributed by atoms with van der Waals surface area (Å²) in [5.41, 5.74) is 0.401. The van der Waals surface area contributed by atoms with Crippen LogP contribution in [0.15, 0.2) is 24.3 Å². The molecule has 23 heavy (non-hydrogen) atoms. The highest BCUT2D eigenvalue weighted by molar-refractivity contribution is 5.74. The maximum atomic E-state index is 13.9. The molecule has 1 saturated heterocycles. The van der Waals surface area contributed by atoms with Crippen LogP contribution in [0.5, 0.6) is 0 Å². The van der Waals surface area contributed by atoms with Crippen molar-refractivity contribution < 1.29 is 9.18 Å². The lowest BCUT2D eigenvalue weighted by atomic mass is 10.0. The minimum atomic E-state index is -0.609. The molecule has 0 bridgehead atoms. The van der Waals surface area contributed by atoms with Gasteiger partial charge < -0.3 is 9.80 Å². The fourth-order valence-electron chi connectivity index (χ4n) is 2.91. The predicted octanol–water partition coefficient (Wildman–Crippen LogP) is 2.47. The van der Waals surface area contributed by atoms with Crippen LogP contribution in [0.4, 0.5) is 9.18 Å². The molecule has 1 aromatic carbocycles. The molecule has 1 aliphatic rings. The number of amides is 2. The van der Waals surface area contributed by atoms with Gasteiger partial charge >= 0.3 is 6.03 Å². The summed E-state index contributed by atoms with van der Waals surface area (Å²) in [6.07, 6.45) is 0. The number of carbonyl (C=O) groups is 1. The first kappa shape index (κ1) is 17.2. The molecule has 1 fully saturated rings. The number of benzene rings is 1. The highest BCUT2D eigenvalue weighted by Crippen LogP contribution is 2.24. The van der Waals surface area contributed by atoms with Gasteiger partial charge in [0, 0.05) is 44.8 Å². The molecule has 5 nitrogen and oxygen atoms in total. The molecule has 0 aromatic heterocycles. The molecule has 2 amide bonds. The normalized spacial score (nSPS) is 16.7. The molecule has 1 atom stereocenters. The van der Waals surface area contributed by atoms with E-state index in [1.165, 1.54) is 6.07 Å². The number of hydrogen-bond acceptors (Lipinski definition) is 3. The summed E-state index contributed by atoms with van der Waals surface area (Å²) < 4.78 is 13.9. The van der Waals surface area contributed by atoms with Crippen LogP contribution in [-0.2, 0) is 0 Å². The van der Waals surface area contributed by atoms with Gasteiger partial charge in [-0.25, -0.2) is 9.18 Å². The van der Waals surface area contributed by atoms with Crippen LogP contribution in [0.25, 0.3) is 0 Å². The van der Waals surface area contributed by atoms with Crippen molar-refractivity contribution in [3.8, 4) is 6.07 Å². The predicted molar refractivity (Wildman–Crippen MR) is 86.2 cm³/mol. The lowest BCUT2D eigenvalue weighted by Crippen LogP contribution is -2.53. The van der Waals surface area contributed by atoms with Crippen molar-refractivity contribution in [1.29, 1.82) is 5.26 Å². The Morgan fingerprint density at radius 1 is 1.26 bits per heavy atom. The number of hydrogen-bond donors (Lipinski definition) is 0. The van der Waals surface area contributed by atoms with E-state index < -0.39 is 6.04 Å². The maximum absolute atomic E-state index is 13.9. The molecular formula is C17H23FN4O. The molecule has 6 heteroatoms. The number of nitriles is 1.